The third kappa shape index (κ3) is 7.57. The molecule has 0 heterocycles. The van der Waals surface area contributed by atoms with Crippen LogP contribution in [0.15, 0.2) is 0 Å². The summed E-state index contributed by atoms with van der Waals surface area (Å²) in [5.74, 6) is -3.29. The first-order valence-corrected chi connectivity index (χ1v) is 5.00. The van der Waals surface area contributed by atoms with Crippen molar-refractivity contribution in [1.82, 2.24) is 0 Å². The maximum atomic E-state index is 11.5. The SMILES string of the molecule is NC(=O)CS(=O)(=O)CCC(F)(F)F. The number of carbonyl (C=O) groups excluding carboxylic acids is 1. The molecule has 0 atom stereocenters. The highest BCUT2D eigenvalue weighted by Crippen LogP contribution is 2.20. The summed E-state index contributed by atoms with van der Waals surface area (Å²) >= 11 is 0. The monoisotopic (exact) mass is 219 g/mol. The summed E-state index contributed by atoms with van der Waals surface area (Å²) < 4.78 is 56.0. The molecule has 0 aromatic rings. The number of hydrogen-bond acceptors (Lipinski definition) is 3. The summed E-state index contributed by atoms with van der Waals surface area (Å²) in [6.45, 7) is 0. The van der Waals surface area contributed by atoms with E-state index < -0.39 is 39.8 Å². The maximum absolute atomic E-state index is 11.5. The van der Waals surface area contributed by atoms with Crippen LogP contribution in [0.2, 0.25) is 0 Å². The second-order valence-corrected chi connectivity index (χ2v) is 4.61. The number of hydrogen-bond donors (Lipinski definition) is 1. The molecule has 0 bridgehead atoms. The third-order valence-electron chi connectivity index (χ3n) is 1.06. The topological polar surface area (TPSA) is 77.2 Å². The van der Waals surface area contributed by atoms with Crippen molar-refractivity contribution < 1.29 is 26.4 Å². The smallest absolute Gasteiger partial charge is 0.369 e. The Morgan fingerprint density at radius 3 is 2.08 bits per heavy atom. The van der Waals surface area contributed by atoms with Crippen LogP contribution >= 0.6 is 0 Å². The molecule has 2 N–H and O–H groups in total. The number of carbonyl (C=O) groups is 1. The van der Waals surface area contributed by atoms with Crippen molar-refractivity contribution >= 4 is 15.7 Å². The van der Waals surface area contributed by atoms with E-state index in [2.05, 4.69) is 5.73 Å². The fraction of sp³-hybridized carbons (Fsp3) is 0.800. The zero-order valence-electron chi connectivity index (χ0n) is 6.47. The van der Waals surface area contributed by atoms with E-state index in [0.717, 1.165) is 0 Å². The van der Waals surface area contributed by atoms with Crippen LogP contribution in [0.25, 0.3) is 0 Å². The molecule has 1 amide bonds. The van der Waals surface area contributed by atoms with Gasteiger partial charge < -0.3 is 5.73 Å². The molecule has 78 valence electrons. The summed E-state index contributed by atoms with van der Waals surface area (Å²) in [6.07, 6.45) is -5.99. The first kappa shape index (κ1) is 12.2. The summed E-state index contributed by atoms with van der Waals surface area (Å²) in [4.78, 5) is 10.1. The number of alkyl halides is 3. The minimum atomic E-state index is -4.54. The van der Waals surface area contributed by atoms with E-state index in [1.165, 1.54) is 0 Å². The molecular weight excluding hydrogens is 211 g/mol. The Morgan fingerprint density at radius 2 is 1.77 bits per heavy atom. The first-order valence-electron chi connectivity index (χ1n) is 3.18. The Bertz CT molecular complexity index is 282. The Morgan fingerprint density at radius 1 is 1.31 bits per heavy atom. The fourth-order valence-electron chi connectivity index (χ4n) is 0.560. The first-order chi connectivity index (χ1) is 5.62. The molecule has 13 heavy (non-hydrogen) atoms. The molecule has 0 unspecified atom stereocenters. The predicted octanol–water partition coefficient (Wildman–Crippen LogP) is -0.161. The van der Waals surface area contributed by atoms with Crippen LogP contribution in [-0.4, -0.2) is 32.0 Å². The van der Waals surface area contributed by atoms with Gasteiger partial charge in [-0.25, -0.2) is 8.42 Å². The molecule has 0 aromatic carbocycles. The number of amides is 1. The second kappa shape index (κ2) is 3.95. The zero-order valence-corrected chi connectivity index (χ0v) is 7.28. The Labute approximate surface area is 72.8 Å². The summed E-state index contributed by atoms with van der Waals surface area (Å²) in [7, 11) is -4.01. The van der Waals surface area contributed by atoms with Gasteiger partial charge in [-0.1, -0.05) is 0 Å². The van der Waals surface area contributed by atoms with E-state index in [0.29, 0.717) is 0 Å². The highest BCUT2D eigenvalue weighted by molar-refractivity contribution is 7.92. The number of primary amides is 1. The Balaban J connectivity index is 4.13. The maximum Gasteiger partial charge on any atom is 0.390 e. The molecule has 8 heteroatoms. The number of halogens is 3. The van der Waals surface area contributed by atoms with Gasteiger partial charge in [-0.15, -0.1) is 0 Å². The van der Waals surface area contributed by atoms with E-state index >= 15 is 0 Å². The summed E-state index contributed by atoms with van der Waals surface area (Å²) in [5.41, 5.74) is 4.52. The van der Waals surface area contributed by atoms with Crippen LogP contribution in [0.4, 0.5) is 13.2 Å². The quantitative estimate of drug-likeness (QED) is 0.713. The van der Waals surface area contributed by atoms with Gasteiger partial charge in [0.15, 0.2) is 9.84 Å². The van der Waals surface area contributed by atoms with Crippen LogP contribution < -0.4 is 5.73 Å². The van der Waals surface area contributed by atoms with Gasteiger partial charge in [0.25, 0.3) is 0 Å². The molecule has 0 saturated carbocycles. The van der Waals surface area contributed by atoms with E-state index in [1.807, 2.05) is 0 Å². The molecule has 0 saturated heterocycles. The van der Waals surface area contributed by atoms with Crippen molar-refractivity contribution in [1.29, 1.82) is 0 Å². The predicted molar refractivity (Wildman–Crippen MR) is 38.5 cm³/mol. The summed E-state index contributed by atoms with van der Waals surface area (Å²) in [5, 5.41) is 0. The van der Waals surface area contributed by atoms with E-state index in [9.17, 15) is 26.4 Å². The van der Waals surface area contributed by atoms with Crippen LogP contribution in [-0.2, 0) is 14.6 Å². The number of rotatable bonds is 4. The third-order valence-corrected chi connectivity index (χ3v) is 2.61. The molecule has 0 radical (unpaired) electrons. The van der Waals surface area contributed by atoms with Crippen molar-refractivity contribution in [3.05, 3.63) is 0 Å². The van der Waals surface area contributed by atoms with Gasteiger partial charge in [-0.2, -0.15) is 13.2 Å². The average molecular weight is 219 g/mol. The van der Waals surface area contributed by atoms with Gasteiger partial charge in [0, 0.05) is 0 Å². The van der Waals surface area contributed by atoms with Crippen molar-refractivity contribution in [3.8, 4) is 0 Å². The number of sulfone groups is 1. The van der Waals surface area contributed by atoms with Crippen LogP contribution in [0, 0.1) is 0 Å². The molecule has 0 rings (SSSR count). The molecule has 0 aliphatic carbocycles. The van der Waals surface area contributed by atoms with Crippen molar-refractivity contribution in [2.75, 3.05) is 11.5 Å². The van der Waals surface area contributed by atoms with Crippen LogP contribution in [0.1, 0.15) is 6.42 Å². The molecule has 4 nitrogen and oxygen atoms in total. The van der Waals surface area contributed by atoms with E-state index in [1.54, 1.807) is 0 Å². The van der Waals surface area contributed by atoms with E-state index in [4.69, 9.17) is 0 Å². The average Bonchev–Trinajstić information content (AvgIpc) is 1.79. The van der Waals surface area contributed by atoms with Crippen molar-refractivity contribution in [2.45, 2.75) is 12.6 Å². The lowest BCUT2D eigenvalue weighted by atomic mass is 10.5. The Kier molecular flexibility index (Phi) is 3.71. The highest BCUT2D eigenvalue weighted by atomic mass is 32.2. The van der Waals surface area contributed by atoms with Gasteiger partial charge in [-0.3, -0.25) is 4.79 Å². The second-order valence-electron chi connectivity index (χ2n) is 2.42. The zero-order chi connectivity index (χ0) is 10.7. The molecule has 0 aliphatic rings. The summed E-state index contributed by atoms with van der Waals surface area (Å²) in [6, 6.07) is 0. The lowest BCUT2D eigenvalue weighted by molar-refractivity contribution is -0.130. The van der Waals surface area contributed by atoms with Gasteiger partial charge in [-0.05, 0) is 0 Å². The van der Waals surface area contributed by atoms with Crippen molar-refractivity contribution in [3.63, 3.8) is 0 Å². The normalized spacial score (nSPS) is 12.8. The minimum absolute atomic E-state index is 1.04. The van der Waals surface area contributed by atoms with Gasteiger partial charge in [0.1, 0.15) is 5.75 Å². The van der Waals surface area contributed by atoms with Crippen LogP contribution in [0.5, 0.6) is 0 Å². The Hall–Kier alpha value is -0.790. The molecule has 0 aromatic heterocycles. The molecule has 0 aliphatic heterocycles. The van der Waals surface area contributed by atoms with Gasteiger partial charge >= 0.3 is 6.18 Å². The fourth-order valence-corrected chi connectivity index (χ4v) is 1.68. The molecule has 0 fully saturated rings. The largest absolute Gasteiger partial charge is 0.390 e. The van der Waals surface area contributed by atoms with Crippen molar-refractivity contribution in [2.24, 2.45) is 5.73 Å². The standard InChI is InChI=1S/C5H8F3NO3S/c6-5(7,8)1-2-13(11,12)3-4(9)10/h1-3H2,(H2,9,10). The van der Waals surface area contributed by atoms with Gasteiger partial charge in [0.05, 0.1) is 12.2 Å². The lowest BCUT2D eigenvalue weighted by Gasteiger charge is -2.05. The highest BCUT2D eigenvalue weighted by Gasteiger charge is 2.30. The van der Waals surface area contributed by atoms with Crippen LogP contribution in [0.3, 0.4) is 0 Å². The van der Waals surface area contributed by atoms with E-state index in [-0.39, 0.29) is 0 Å². The number of nitrogens with two attached hydrogens (primary N) is 1. The lowest BCUT2D eigenvalue weighted by Crippen LogP contribution is -2.26. The molecular formula is C5H8F3NO3S. The minimum Gasteiger partial charge on any atom is -0.369 e. The van der Waals surface area contributed by atoms with Gasteiger partial charge in [0.2, 0.25) is 5.91 Å². The molecule has 0 spiro atoms.